The number of aromatic nitrogens is 2. The summed E-state index contributed by atoms with van der Waals surface area (Å²) in [5.74, 6) is 0.458. The third kappa shape index (κ3) is 5.43. The second-order valence-electron chi connectivity index (χ2n) is 7.13. The smallest absolute Gasteiger partial charge is 0.416 e. The largest absolute Gasteiger partial charge is 0.497 e. The second kappa shape index (κ2) is 9.90. The van der Waals surface area contributed by atoms with E-state index in [1.165, 1.54) is 0 Å². The number of halogens is 4. The third-order valence-electron chi connectivity index (χ3n) is 4.81. The number of benzene rings is 3. The van der Waals surface area contributed by atoms with Crippen molar-refractivity contribution in [3.8, 4) is 17.1 Å². The number of anilines is 1. The molecule has 0 bridgehead atoms. The average Bonchev–Trinajstić information content (AvgIpc) is 2.83. The normalized spacial score (nSPS) is 11.4. The van der Waals surface area contributed by atoms with Gasteiger partial charge in [0.1, 0.15) is 10.8 Å². The maximum Gasteiger partial charge on any atom is 0.416 e. The number of nitrogens with zero attached hydrogens (tertiary/aromatic N) is 2. The molecule has 10 heteroatoms. The summed E-state index contributed by atoms with van der Waals surface area (Å²) in [6.45, 7) is 0. The summed E-state index contributed by atoms with van der Waals surface area (Å²) >= 11 is 7.12. The zero-order valence-corrected chi connectivity index (χ0v) is 19.3. The summed E-state index contributed by atoms with van der Waals surface area (Å²) < 4.78 is 44.3. The second-order valence-corrected chi connectivity index (χ2v) is 8.50. The summed E-state index contributed by atoms with van der Waals surface area (Å²) in [6, 6.07) is 17.5. The van der Waals surface area contributed by atoms with Crippen LogP contribution >= 0.6 is 23.4 Å². The van der Waals surface area contributed by atoms with Crippen LogP contribution in [0.15, 0.2) is 71.8 Å². The monoisotopic (exact) mass is 503 g/mol. The molecular weight excluding hydrogens is 487 g/mol. The third-order valence-corrected chi connectivity index (χ3v) is 6.13. The number of methoxy groups -OCH3 is 1. The Morgan fingerprint density at radius 1 is 1.06 bits per heavy atom. The lowest BCUT2D eigenvalue weighted by molar-refractivity contribution is -0.137. The van der Waals surface area contributed by atoms with E-state index in [0.717, 1.165) is 35.5 Å². The fourth-order valence-electron chi connectivity index (χ4n) is 3.15. The predicted molar refractivity (Wildman–Crippen MR) is 127 cm³/mol. The summed E-state index contributed by atoms with van der Waals surface area (Å²) in [5, 5.41) is 3.68. The van der Waals surface area contributed by atoms with E-state index in [4.69, 9.17) is 16.3 Å². The van der Waals surface area contributed by atoms with E-state index in [1.54, 1.807) is 25.3 Å². The Morgan fingerprint density at radius 3 is 2.53 bits per heavy atom. The average molecular weight is 504 g/mol. The van der Waals surface area contributed by atoms with Gasteiger partial charge in [-0.25, -0.2) is 9.97 Å². The maximum atomic E-state index is 13.0. The van der Waals surface area contributed by atoms with Gasteiger partial charge in [-0.3, -0.25) is 4.79 Å². The fourth-order valence-corrected chi connectivity index (χ4v) is 4.13. The van der Waals surface area contributed by atoms with Gasteiger partial charge in [-0.15, -0.1) is 0 Å². The van der Waals surface area contributed by atoms with Crippen molar-refractivity contribution in [2.24, 2.45) is 0 Å². The first-order valence-corrected chi connectivity index (χ1v) is 11.3. The number of carbonyl (C=O) groups excluding carboxylic acids is 1. The number of thioether (sulfide) groups is 1. The van der Waals surface area contributed by atoms with Crippen LogP contribution in [-0.4, -0.2) is 28.7 Å². The van der Waals surface area contributed by atoms with Gasteiger partial charge in [0, 0.05) is 10.9 Å². The van der Waals surface area contributed by atoms with Crippen LogP contribution < -0.4 is 10.1 Å². The first-order valence-electron chi connectivity index (χ1n) is 9.95. The number of amides is 1. The van der Waals surface area contributed by atoms with Crippen LogP contribution in [0.3, 0.4) is 0 Å². The Hall–Kier alpha value is -3.30. The number of fused-ring (bicyclic) bond motifs is 1. The van der Waals surface area contributed by atoms with Crippen molar-refractivity contribution in [3.63, 3.8) is 0 Å². The van der Waals surface area contributed by atoms with E-state index in [9.17, 15) is 18.0 Å². The number of rotatable bonds is 6. The Morgan fingerprint density at radius 2 is 1.82 bits per heavy atom. The highest BCUT2D eigenvalue weighted by Gasteiger charge is 2.31. The fraction of sp³-hybridized carbons (Fsp3) is 0.125. The highest BCUT2D eigenvalue weighted by molar-refractivity contribution is 8.00. The molecule has 34 heavy (non-hydrogen) atoms. The lowest BCUT2D eigenvalue weighted by atomic mass is 10.2. The van der Waals surface area contributed by atoms with Gasteiger partial charge in [0.2, 0.25) is 5.91 Å². The molecule has 0 atom stereocenters. The van der Waals surface area contributed by atoms with Crippen molar-refractivity contribution in [1.29, 1.82) is 0 Å². The van der Waals surface area contributed by atoms with Crippen LogP contribution in [0.4, 0.5) is 18.9 Å². The molecule has 4 rings (SSSR count). The zero-order chi connectivity index (χ0) is 24.3. The lowest BCUT2D eigenvalue weighted by Gasteiger charge is -2.12. The van der Waals surface area contributed by atoms with Crippen LogP contribution in [0.1, 0.15) is 5.56 Å². The van der Waals surface area contributed by atoms with Gasteiger partial charge in [-0.05, 0) is 36.4 Å². The number of nitrogens with one attached hydrogen (secondary N) is 1. The van der Waals surface area contributed by atoms with Crippen molar-refractivity contribution in [1.82, 2.24) is 9.97 Å². The minimum atomic E-state index is -4.55. The van der Waals surface area contributed by atoms with Crippen molar-refractivity contribution in [2.45, 2.75) is 11.2 Å². The first kappa shape index (κ1) is 23.8. The van der Waals surface area contributed by atoms with Crippen LogP contribution in [-0.2, 0) is 11.0 Å². The highest BCUT2D eigenvalue weighted by atomic mass is 35.5. The van der Waals surface area contributed by atoms with Crippen LogP contribution in [0.25, 0.3) is 22.3 Å². The molecule has 1 amide bonds. The molecule has 174 valence electrons. The number of carbonyl (C=O) groups is 1. The molecule has 4 aromatic rings. The molecule has 1 heterocycles. The number of hydrogen-bond donors (Lipinski definition) is 1. The molecule has 0 radical (unpaired) electrons. The van der Waals surface area contributed by atoms with Gasteiger partial charge in [-0.2, -0.15) is 13.2 Å². The van der Waals surface area contributed by atoms with Crippen LogP contribution in [0, 0.1) is 0 Å². The van der Waals surface area contributed by atoms with E-state index in [1.807, 2.05) is 30.3 Å². The predicted octanol–water partition coefficient (Wildman–Crippen LogP) is 6.71. The number of ether oxygens (including phenoxy) is 1. The van der Waals surface area contributed by atoms with Gasteiger partial charge in [0.05, 0.1) is 34.7 Å². The molecule has 0 saturated heterocycles. The van der Waals surface area contributed by atoms with E-state index < -0.39 is 17.6 Å². The highest BCUT2D eigenvalue weighted by Crippen LogP contribution is 2.34. The molecule has 1 aromatic heterocycles. The lowest BCUT2D eigenvalue weighted by Crippen LogP contribution is -2.15. The quantitative estimate of drug-likeness (QED) is 0.234. The van der Waals surface area contributed by atoms with Crippen molar-refractivity contribution < 1.29 is 22.7 Å². The van der Waals surface area contributed by atoms with E-state index >= 15 is 0 Å². The molecule has 0 fully saturated rings. The molecule has 3 aromatic carbocycles. The number of hydrogen-bond acceptors (Lipinski definition) is 5. The van der Waals surface area contributed by atoms with E-state index in [2.05, 4.69) is 15.3 Å². The minimum Gasteiger partial charge on any atom is -0.497 e. The van der Waals surface area contributed by atoms with Gasteiger partial charge >= 0.3 is 6.18 Å². The Balaban J connectivity index is 1.61. The molecule has 0 aliphatic rings. The summed E-state index contributed by atoms with van der Waals surface area (Å²) in [5.41, 5.74) is 0.461. The van der Waals surface area contributed by atoms with Gasteiger partial charge < -0.3 is 10.1 Å². The maximum absolute atomic E-state index is 13.0. The van der Waals surface area contributed by atoms with Crippen LogP contribution in [0.2, 0.25) is 5.02 Å². The molecule has 0 saturated carbocycles. The SMILES string of the molecule is COc1ccc2nc(-c3ccccc3)nc(SCC(=O)Nc3cc(C(F)(F)F)ccc3Cl)c2c1. The summed E-state index contributed by atoms with van der Waals surface area (Å²) in [6.07, 6.45) is -4.55. The van der Waals surface area contributed by atoms with Gasteiger partial charge in [-0.1, -0.05) is 53.7 Å². The summed E-state index contributed by atoms with van der Waals surface area (Å²) in [4.78, 5) is 21.8. The molecule has 0 spiro atoms. The Kier molecular flexibility index (Phi) is 6.95. The molecule has 0 aliphatic carbocycles. The standard InChI is InChI=1S/C24H17ClF3N3O2S/c1-33-16-8-10-19-17(12-16)23(31-22(30-19)14-5-3-2-4-6-14)34-13-21(32)29-20-11-15(24(26,27)28)7-9-18(20)25/h2-12H,13H2,1H3,(H,29,32). The minimum absolute atomic E-state index is 0.00920. The zero-order valence-electron chi connectivity index (χ0n) is 17.7. The van der Waals surface area contributed by atoms with E-state index in [-0.39, 0.29) is 16.5 Å². The first-order chi connectivity index (χ1) is 16.2. The molecular formula is C24H17ClF3N3O2S. The van der Waals surface area contributed by atoms with Crippen molar-refractivity contribution in [3.05, 3.63) is 77.3 Å². The molecule has 0 unspecified atom stereocenters. The number of alkyl halides is 3. The van der Waals surface area contributed by atoms with Gasteiger partial charge in [0.15, 0.2) is 5.82 Å². The van der Waals surface area contributed by atoms with E-state index in [0.29, 0.717) is 27.5 Å². The van der Waals surface area contributed by atoms with Crippen LogP contribution in [0.5, 0.6) is 5.75 Å². The topological polar surface area (TPSA) is 64.1 Å². The molecule has 0 aliphatic heterocycles. The Bertz CT molecular complexity index is 1350. The summed E-state index contributed by atoms with van der Waals surface area (Å²) in [7, 11) is 1.54. The van der Waals surface area contributed by atoms with Crippen molar-refractivity contribution in [2.75, 3.05) is 18.2 Å². The Labute approximate surface area is 202 Å². The molecule has 5 nitrogen and oxygen atoms in total. The van der Waals surface area contributed by atoms with Crippen molar-refractivity contribution >= 4 is 45.9 Å². The molecule has 1 N–H and O–H groups in total. The van der Waals surface area contributed by atoms with Gasteiger partial charge in [0.25, 0.3) is 0 Å².